The Labute approximate surface area is 93.8 Å². The predicted molar refractivity (Wildman–Crippen MR) is 53.8 cm³/mol. The van der Waals surface area contributed by atoms with E-state index in [1.54, 1.807) is 0 Å². The van der Waals surface area contributed by atoms with Crippen LogP contribution in [0.3, 0.4) is 0 Å². The molecule has 6 heteroatoms. The van der Waals surface area contributed by atoms with Gasteiger partial charge in [0.15, 0.2) is 0 Å². The van der Waals surface area contributed by atoms with Crippen LogP contribution in [0.2, 0.25) is 0 Å². The molecule has 0 aliphatic heterocycles. The molecule has 0 aromatic rings. The van der Waals surface area contributed by atoms with Crippen LogP contribution in [0.5, 0.6) is 0 Å². The minimum atomic E-state index is -4.27. The summed E-state index contributed by atoms with van der Waals surface area (Å²) in [5, 5.41) is 8.42. The number of ether oxygens (including phenoxy) is 1. The van der Waals surface area contributed by atoms with Gasteiger partial charge in [-0.3, -0.25) is 4.90 Å². The van der Waals surface area contributed by atoms with Crippen molar-refractivity contribution < 1.29 is 17.9 Å². The van der Waals surface area contributed by atoms with Gasteiger partial charge in [0.1, 0.15) is 6.61 Å². The Balaban J connectivity index is 3.73. The molecule has 0 aliphatic rings. The maximum Gasteiger partial charge on any atom is 0.411 e. The first-order valence-corrected chi connectivity index (χ1v) is 5.12. The van der Waals surface area contributed by atoms with E-state index >= 15 is 0 Å². The first kappa shape index (κ1) is 15.2. The maximum absolute atomic E-state index is 11.8. The molecule has 0 atom stereocenters. The topological polar surface area (TPSA) is 36.3 Å². The first-order chi connectivity index (χ1) is 7.37. The molecule has 0 aromatic heterocycles. The summed E-state index contributed by atoms with van der Waals surface area (Å²) >= 11 is 0. The van der Waals surface area contributed by atoms with Crippen molar-refractivity contribution in [2.45, 2.75) is 32.5 Å². The lowest BCUT2D eigenvalue weighted by atomic mass is 10.3. The highest BCUT2D eigenvalue weighted by molar-refractivity contribution is 4.73. The van der Waals surface area contributed by atoms with Gasteiger partial charge >= 0.3 is 6.18 Å². The summed E-state index contributed by atoms with van der Waals surface area (Å²) in [4.78, 5) is 1.92. The van der Waals surface area contributed by atoms with E-state index in [0.717, 1.165) is 0 Å². The molecule has 0 heterocycles. The van der Waals surface area contributed by atoms with Gasteiger partial charge in [-0.25, -0.2) is 0 Å². The second kappa shape index (κ2) is 7.47. The summed E-state index contributed by atoms with van der Waals surface area (Å²) in [6, 6.07) is 2.20. The van der Waals surface area contributed by atoms with Crippen molar-refractivity contribution >= 4 is 0 Å². The summed E-state index contributed by atoms with van der Waals surface area (Å²) in [5.41, 5.74) is 0. The van der Waals surface area contributed by atoms with E-state index in [9.17, 15) is 13.2 Å². The third-order valence-corrected chi connectivity index (χ3v) is 2.03. The van der Waals surface area contributed by atoms with Crippen LogP contribution in [-0.4, -0.2) is 43.4 Å². The molecule has 0 aliphatic carbocycles. The SMILES string of the molecule is CC(C)N(CCC#N)CCOCC(F)(F)F. The molecule has 0 N–H and O–H groups in total. The van der Waals surface area contributed by atoms with Gasteiger partial charge in [0, 0.05) is 25.6 Å². The molecule has 0 unspecified atom stereocenters. The third kappa shape index (κ3) is 8.50. The fourth-order valence-corrected chi connectivity index (χ4v) is 1.19. The quantitative estimate of drug-likeness (QED) is 0.638. The monoisotopic (exact) mass is 238 g/mol. The number of hydrogen-bond acceptors (Lipinski definition) is 3. The molecule has 0 rings (SSSR count). The molecular weight excluding hydrogens is 221 g/mol. The number of nitrogens with zero attached hydrogens (tertiary/aromatic N) is 2. The second-order valence-electron chi connectivity index (χ2n) is 3.71. The summed E-state index contributed by atoms with van der Waals surface area (Å²) in [7, 11) is 0. The molecule has 0 radical (unpaired) electrons. The van der Waals surface area contributed by atoms with Gasteiger partial charge in [0.2, 0.25) is 0 Å². The Kier molecular flexibility index (Phi) is 7.10. The van der Waals surface area contributed by atoms with Gasteiger partial charge in [0.25, 0.3) is 0 Å². The Morgan fingerprint density at radius 1 is 1.31 bits per heavy atom. The zero-order chi connectivity index (χ0) is 12.6. The van der Waals surface area contributed by atoms with E-state index in [4.69, 9.17) is 5.26 Å². The van der Waals surface area contributed by atoms with E-state index in [0.29, 0.717) is 19.5 Å². The lowest BCUT2D eigenvalue weighted by molar-refractivity contribution is -0.174. The zero-order valence-electron chi connectivity index (χ0n) is 9.55. The molecule has 0 bridgehead atoms. The Hall–Kier alpha value is -0.800. The zero-order valence-corrected chi connectivity index (χ0v) is 9.55. The number of alkyl halides is 3. The standard InChI is InChI=1S/C10H17F3N2O/c1-9(2)15(5-3-4-14)6-7-16-8-10(11,12)13/h9H,3,5-8H2,1-2H3. The third-order valence-electron chi connectivity index (χ3n) is 2.03. The van der Waals surface area contributed by atoms with Crippen LogP contribution in [0.25, 0.3) is 0 Å². The maximum atomic E-state index is 11.8. The van der Waals surface area contributed by atoms with Crippen molar-refractivity contribution in [1.82, 2.24) is 4.90 Å². The lowest BCUT2D eigenvalue weighted by Gasteiger charge is -2.25. The summed E-state index contributed by atoms with van der Waals surface area (Å²) < 4.78 is 39.8. The average Bonchev–Trinajstić information content (AvgIpc) is 2.14. The highest BCUT2D eigenvalue weighted by Gasteiger charge is 2.27. The second-order valence-corrected chi connectivity index (χ2v) is 3.71. The van der Waals surface area contributed by atoms with Crippen molar-refractivity contribution in [1.29, 1.82) is 5.26 Å². The largest absolute Gasteiger partial charge is 0.411 e. The van der Waals surface area contributed by atoms with E-state index in [1.807, 2.05) is 24.8 Å². The molecular formula is C10H17F3N2O. The van der Waals surface area contributed by atoms with Crippen molar-refractivity contribution in [3.63, 3.8) is 0 Å². The van der Waals surface area contributed by atoms with Crippen LogP contribution >= 0.6 is 0 Å². The Morgan fingerprint density at radius 2 is 1.94 bits per heavy atom. The summed E-state index contributed by atoms with van der Waals surface area (Å²) in [6.45, 7) is 3.65. The van der Waals surface area contributed by atoms with Crippen LogP contribution in [0.15, 0.2) is 0 Å². The van der Waals surface area contributed by atoms with Gasteiger partial charge in [-0.15, -0.1) is 0 Å². The van der Waals surface area contributed by atoms with Crippen LogP contribution in [0, 0.1) is 11.3 Å². The van der Waals surface area contributed by atoms with Crippen molar-refractivity contribution in [2.24, 2.45) is 0 Å². The van der Waals surface area contributed by atoms with E-state index in [1.165, 1.54) is 0 Å². The fraction of sp³-hybridized carbons (Fsp3) is 0.900. The van der Waals surface area contributed by atoms with Crippen molar-refractivity contribution in [3.05, 3.63) is 0 Å². The van der Waals surface area contributed by atoms with Crippen molar-refractivity contribution in [3.8, 4) is 6.07 Å². The molecule has 0 amide bonds. The molecule has 94 valence electrons. The number of halogens is 3. The first-order valence-electron chi connectivity index (χ1n) is 5.12. The van der Waals surface area contributed by atoms with Gasteiger partial charge < -0.3 is 4.74 Å². The van der Waals surface area contributed by atoms with Crippen LogP contribution in [0.4, 0.5) is 13.2 Å². The highest BCUT2D eigenvalue weighted by atomic mass is 19.4. The molecule has 0 spiro atoms. The molecule has 0 fully saturated rings. The summed E-state index contributed by atoms with van der Waals surface area (Å²) in [5.74, 6) is 0. The van der Waals surface area contributed by atoms with Crippen molar-refractivity contribution in [2.75, 3.05) is 26.3 Å². The van der Waals surface area contributed by atoms with Crippen LogP contribution in [0.1, 0.15) is 20.3 Å². The van der Waals surface area contributed by atoms with Gasteiger partial charge in [-0.1, -0.05) is 0 Å². The molecule has 0 saturated carbocycles. The average molecular weight is 238 g/mol. The highest BCUT2D eigenvalue weighted by Crippen LogP contribution is 2.14. The van der Waals surface area contributed by atoms with Gasteiger partial charge in [-0.2, -0.15) is 18.4 Å². The molecule has 0 saturated heterocycles. The number of nitriles is 1. The minimum absolute atomic E-state index is 0.0309. The minimum Gasteiger partial charge on any atom is -0.371 e. The molecule has 16 heavy (non-hydrogen) atoms. The normalized spacial score (nSPS) is 12.1. The number of rotatable bonds is 7. The van der Waals surface area contributed by atoms with Crippen LogP contribution < -0.4 is 0 Å². The van der Waals surface area contributed by atoms with E-state index in [-0.39, 0.29) is 12.6 Å². The van der Waals surface area contributed by atoms with E-state index in [2.05, 4.69) is 4.74 Å². The lowest BCUT2D eigenvalue weighted by Crippen LogP contribution is -2.35. The van der Waals surface area contributed by atoms with E-state index < -0.39 is 12.8 Å². The Morgan fingerprint density at radius 3 is 2.38 bits per heavy atom. The fourth-order valence-electron chi connectivity index (χ4n) is 1.19. The predicted octanol–water partition coefficient (Wildman–Crippen LogP) is 2.19. The molecule has 0 aromatic carbocycles. The van der Waals surface area contributed by atoms with Gasteiger partial charge in [0.05, 0.1) is 12.7 Å². The molecule has 3 nitrogen and oxygen atoms in total. The Bertz CT molecular complexity index is 223. The number of hydrogen-bond donors (Lipinski definition) is 0. The van der Waals surface area contributed by atoms with Crippen LogP contribution in [-0.2, 0) is 4.74 Å². The van der Waals surface area contributed by atoms with Gasteiger partial charge in [-0.05, 0) is 13.8 Å². The summed E-state index contributed by atoms with van der Waals surface area (Å²) in [6.07, 6.45) is -3.90. The smallest absolute Gasteiger partial charge is 0.371 e.